The van der Waals surface area contributed by atoms with E-state index >= 15 is 0 Å². The van der Waals surface area contributed by atoms with Crippen LogP contribution in [-0.2, 0) is 11.3 Å². The predicted octanol–water partition coefficient (Wildman–Crippen LogP) is 3.92. The molecule has 5 N–H and O–H groups in total. The Labute approximate surface area is 191 Å². The van der Waals surface area contributed by atoms with E-state index in [1.807, 2.05) is 48.5 Å². The summed E-state index contributed by atoms with van der Waals surface area (Å²) in [5.74, 6) is 7.21. The van der Waals surface area contributed by atoms with Gasteiger partial charge in [0.25, 0.3) is 0 Å². The average Bonchev–Trinajstić information content (AvgIpc) is 2.81. The first-order valence-electron chi connectivity index (χ1n) is 11.5. The number of pyridine rings is 1. The molecule has 32 heavy (non-hydrogen) atoms. The van der Waals surface area contributed by atoms with E-state index in [2.05, 4.69) is 18.0 Å². The molecule has 172 valence electrons. The lowest BCUT2D eigenvalue weighted by Gasteiger charge is -2.26. The van der Waals surface area contributed by atoms with Gasteiger partial charge in [-0.3, -0.25) is 10.8 Å². The molecule has 0 spiro atoms. The third kappa shape index (κ3) is 7.57. The molecule has 6 heteroatoms. The largest absolute Gasteiger partial charge is 0.498 e. The first-order valence-corrected chi connectivity index (χ1v) is 11.5. The lowest BCUT2D eigenvalue weighted by Crippen LogP contribution is -2.46. The van der Waals surface area contributed by atoms with Gasteiger partial charge in [-0.25, -0.2) is 5.01 Å². The molecule has 3 rings (SSSR count). The summed E-state index contributed by atoms with van der Waals surface area (Å²) in [5, 5.41) is 12.2. The molecule has 1 aliphatic carbocycles. The van der Waals surface area contributed by atoms with Gasteiger partial charge in [-0.15, -0.1) is 0 Å². The summed E-state index contributed by atoms with van der Waals surface area (Å²) >= 11 is 0. The van der Waals surface area contributed by atoms with Gasteiger partial charge >= 0.3 is 0 Å². The number of nitrogens with two attached hydrogens (primary N) is 2. The Hall–Kier alpha value is -2.51. The van der Waals surface area contributed by atoms with Gasteiger partial charge in [-0.2, -0.15) is 0 Å². The minimum atomic E-state index is -0.695. The molecule has 1 heterocycles. The number of rotatable bonds is 12. The van der Waals surface area contributed by atoms with Crippen LogP contribution in [0, 0.1) is 0 Å². The van der Waals surface area contributed by atoms with Crippen molar-refractivity contribution in [3.8, 4) is 11.3 Å². The normalized spacial score (nSPS) is 15.8. The summed E-state index contributed by atoms with van der Waals surface area (Å²) in [5.41, 5.74) is 10.6. The minimum Gasteiger partial charge on any atom is -0.498 e. The molecular weight excluding hydrogens is 400 g/mol. The fourth-order valence-electron chi connectivity index (χ4n) is 3.73. The zero-order chi connectivity index (χ0) is 22.8. The zero-order valence-electron chi connectivity index (χ0n) is 19.0. The van der Waals surface area contributed by atoms with Crippen LogP contribution in [0.25, 0.3) is 11.3 Å². The Morgan fingerprint density at radius 2 is 1.94 bits per heavy atom. The third-order valence-electron chi connectivity index (χ3n) is 5.70. The van der Waals surface area contributed by atoms with Crippen LogP contribution in [0.1, 0.15) is 44.6 Å². The lowest BCUT2D eigenvalue weighted by molar-refractivity contribution is 0.0874. The number of aliphatic hydroxyl groups excluding tert-OH is 1. The maximum Gasteiger partial charge on any atom is 0.0962 e. The van der Waals surface area contributed by atoms with Crippen LogP contribution in [0.3, 0.4) is 0 Å². The summed E-state index contributed by atoms with van der Waals surface area (Å²) in [6.07, 6.45) is 9.91. The van der Waals surface area contributed by atoms with Crippen molar-refractivity contribution in [1.29, 1.82) is 0 Å². The van der Waals surface area contributed by atoms with Gasteiger partial charge in [0.15, 0.2) is 0 Å². The fourth-order valence-corrected chi connectivity index (χ4v) is 3.73. The molecule has 1 aliphatic rings. The molecule has 6 nitrogen and oxygen atoms in total. The first kappa shape index (κ1) is 24.1. The van der Waals surface area contributed by atoms with Crippen LogP contribution in [0.2, 0.25) is 0 Å². The third-order valence-corrected chi connectivity index (χ3v) is 5.70. The standard InChI is InChI=1S/C26H36N4O2/c1-2-3-16-32-23-13-9-20(10-14-23)17-24(27)26(31)19-30(28)18-21-7-11-22(12-8-21)25-6-4-5-15-29-25/h4-9,11-13,15,24,26,31H,2-3,10,14,16-19,27-28H2,1H3. The van der Waals surface area contributed by atoms with Crippen molar-refractivity contribution in [2.24, 2.45) is 11.6 Å². The predicted molar refractivity (Wildman–Crippen MR) is 129 cm³/mol. The van der Waals surface area contributed by atoms with Crippen LogP contribution in [0.15, 0.2) is 72.1 Å². The van der Waals surface area contributed by atoms with E-state index in [0.29, 0.717) is 19.5 Å². The fraction of sp³-hybridized carbons (Fsp3) is 0.423. The second kappa shape index (κ2) is 12.5. The van der Waals surface area contributed by atoms with Crippen molar-refractivity contribution in [2.75, 3.05) is 13.2 Å². The van der Waals surface area contributed by atoms with E-state index < -0.39 is 6.10 Å². The molecule has 0 bridgehead atoms. The van der Waals surface area contributed by atoms with Crippen LogP contribution in [-0.4, -0.2) is 40.4 Å². The smallest absolute Gasteiger partial charge is 0.0962 e. The Balaban J connectivity index is 1.44. The Morgan fingerprint density at radius 1 is 1.12 bits per heavy atom. The molecule has 2 unspecified atom stereocenters. The second-order valence-corrected chi connectivity index (χ2v) is 8.44. The van der Waals surface area contributed by atoms with Gasteiger partial charge < -0.3 is 15.6 Å². The monoisotopic (exact) mass is 436 g/mol. The number of nitrogens with zero attached hydrogens (tertiary/aromatic N) is 2. The number of hydrogen-bond donors (Lipinski definition) is 3. The first-order chi connectivity index (χ1) is 15.5. The molecule has 0 saturated heterocycles. The van der Waals surface area contributed by atoms with Gasteiger partial charge in [0.05, 0.1) is 24.2 Å². The van der Waals surface area contributed by atoms with Crippen LogP contribution in [0.4, 0.5) is 0 Å². The van der Waals surface area contributed by atoms with E-state index in [4.69, 9.17) is 16.3 Å². The van der Waals surface area contributed by atoms with Gasteiger partial charge in [0, 0.05) is 37.3 Å². The van der Waals surface area contributed by atoms with E-state index in [1.54, 1.807) is 11.2 Å². The molecule has 2 aromatic rings. The van der Waals surface area contributed by atoms with Crippen molar-refractivity contribution in [2.45, 2.75) is 57.7 Å². The van der Waals surface area contributed by atoms with E-state index in [1.165, 1.54) is 5.57 Å². The van der Waals surface area contributed by atoms with Crippen molar-refractivity contribution >= 4 is 0 Å². The van der Waals surface area contributed by atoms with Crippen LogP contribution < -0.4 is 11.6 Å². The molecule has 1 aromatic heterocycles. The highest BCUT2D eigenvalue weighted by molar-refractivity contribution is 5.58. The van der Waals surface area contributed by atoms with Crippen molar-refractivity contribution in [3.63, 3.8) is 0 Å². The van der Waals surface area contributed by atoms with E-state index in [9.17, 15) is 5.11 Å². The average molecular weight is 437 g/mol. The van der Waals surface area contributed by atoms with Crippen LogP contribution in [0.5, 0.6) is 0 Å². The molecule has 0 fully saturated rings. The highest BCUT2D eigenvalue weighted by Crippen LogP contribution is 2.23. The molecule has 0 saturated carbocycles. The number of aromatic nitrogens is 1. The highest BCUT2D eigenvalue weighted by atomic mass is 16.5. The number of ether oxygens (including phenoxy) is 1. The Kier molecular flexibility index (Phi) is 9.43. The highest BCUT2D eigenvalue weighted by Gasteiger charge is 2.20. The summed E-state index contributed by atoms with van der Waals surface area (Å²) in [4.78, 5) is 4.37. The Bertz CT molecular complexity index is 880. The summed E-state index contributed by atoms with van der Waals surface area (Å²) in [7, 11) is 0. The zero-order valence-corrected chi connectivity index (χ0v) is 19.0. The van der Waals surface area contributed by atoms with Gasteiger partial charge in [0.2, 0.25) is 0 Å². The number of benzene rings is 1. The minimum absolute atomic E-state index is 0.317. The topological polar surface area (TPSA) is 97.6 Å². The van der Waals surface area contributed by atoms with Crippen molar-refractivity contribution < 1.29 is 9.84 Å². The molecule has 0 amide bonds. The number of hydrazine groups is 1. The number of unbranched alkanes of at least 4 members (excludes halogenated alkanes) is 1. The van der Waals surface area contributed by atoms with Gasteiger partial charge in [0.1, 0.15) is 0 Å². The molecule has 0 radical (unpaired) electrons. The van der Waals surface area contributed by atoms with Crippen LogP contribution >= 0.6 is 0 Å². The summed E-state index contributed by atoms with van der Waals surface area (Å²) in [6, 6.07) is 13.7. The number of aliphatic hydroxyl groups is 1. The van der Waals surface area contributed by atoms with E-state index in [0.717, 1.165) is 54.9 Å². The van der Waals surface area contributed by atoms with Crippen molar-refractivity contribution in [3.05, 3.63) is 77.7 Å². The molecular formula is C26H36N4O2. The van der Waals surface area contributed by atoms with Gasteiger partial charge in [-0.05, 0) is 43.0 Å². The molecule has 0 aliphatic heterocycles. The van der Waals surface area contributed by atoms with Crippen molar-refractivity contribution in [1.82, 2.24) is 9.99 Å². The summed E-state index contributed by atoms with van der Waals surface area (Å²) in [6.45, 7) is 3.79. The molecule has 2 atom stereocenters. The number of hydrogen-bond acceptors (Lipinski definition) is 6. The Morgan fingerprint density at radius 3 is 2.59 bits per heavy atom. The van der Waals surface area contributed by atoms with Gasteiger partial charge in [-0.1, -0.05) is 55.3 Å². The maximum absolute atomic E-state index is 10.6. The molecule has 1 aromatic carbocycles. The summed E-state index contributed by atoms with van der Waals surface area (Å²) < 4.78 is 5.78. The lowest BCUT2D eigenvalue weighted by atomic mass is 9.95. The number of allylic oxidation sites excluding steroid dienone is 3. The van der Waals surface area contributed by atoms with E-state index in [-0.39, 0.29) is 6.04 Å². The second-order valence-electron chi connectivity index (χ2n) is 8.44. The quantitative estimate of drug-likeness (QED) is 0.265. The maximum atomic E-state index is 10.6. The SMILES string of the molecule is CCCCOC1=CC=C(CC(N)C(O)CN(N)Cc2ccc(-c3ccccn3)cc2)CC1.